The van der Waals surface area contributed by atoms with E-state index in [0.717, 1.165) is 10.0 Å². The minimum atomic E-state index is -2.60. The number of halogens is 1. The summed E-state index contributed by atoms with van der Waals surface area (Å²) in [6.07, 6.45) is 1.12. The molecule has 0 aromatic heterocycles. The second-order valence-electron chi connectivity index (χ2n) is 5.25. The van der Waals surface area contributed by atoms with Crippen LogP contribution in [0, 0.1) is 5.92 Å². The molecule has 3 atom stereocenters. The second kappa shape index (κ2) is 7.90. The summed E-state index contributed by atoms with van der Waals surface area (Å²) in [7, 11) is -1.05. The maximum absolute atomic E-state index is 12.9. The third-order valence-electron chi connectivity index (χ3n) is 3.63. The molecule has 0 spiro atoms. The SMILES string of the molecule is CN=S(=O)(/C=C\[C@H](C)[C@@H](O)c1ccc(Br)cc1)c1ccccc1. The summed E-state index contributed by atoms with van der Waals surface area (Å²) in [6, 6.07) is 16.7. The van der Waals surface area contributed by atoms with E-state index in [4.69, 9.17) is 0 Å². The highest BCUT2D eigenvalue weighted by atomic mass is 79.9. The number of nitrogens with zero attached hydrogens (tertiary/aromatic N) is 1. The van der Waals surface area contributed by atoms with Crippen molar-refractivity contribution < 1.29 is 9.32 Å². The molecular weight excluding hydrogens is 374 g/mol. The van der Waals surface area contributed by atoms with Gasteiger partial charge in [-0.1, -0.05) is 59.3 Å². The Bertz CT molecular complexity index is 778. The normalized spacial score (nSPS) is 16.7. The van der Waals surface area contributed by atoms with Crippen LogP contribution < -0.4 is 0 Å². The van der Waals surface area contributed by atoms with Crippen molar-refractivity contribution in [2.75, 3.05) is 7.05 Å². The Morgan fingerprint density at radius 1 is 1.13 bits per heavy atom. The Morgan fingerprint density at radius 2 is 1.74 bits per heavy atom. The van der Waals surface area contributed by atoms with Crippen LogP contribution in [-0.2, 0) is 9.73 Å². The van der Waals surface area contributed by atoms with E-state index < -0.39 is 15.8 Å². The third kappa shape index (κ3) is 4.53. The maximum atomic E-state index is 12.9. The van der Waals surface area contributed by atoms with Crippen LogP contribution in [0.3, 0.4) is 0 Å². The molecule has 2 rings (SSSR count). The Labute approximate surface area is 146 Å². The molecule has 122 valence electrons. The highest BCUT2D eigenvalue weighted by Gasteiger charge is 2.15. The number of hydrogen-bond donors (Lipinski definition) is 1. The van der Waals surface area contributed by atoms with E-state index in [1.165, 1.54) is 0 Å². The summed E-state index contributed by atoms with van der Waals surface area (Å²) in [5.41, 5.74) is 0.824. The van der Waals surface area contributed by atoms with Crippen molar-refractivity contribution in [2.45, 2.75) is 17.9 Å². The Morgan fingerprint density at radius 3 is 2.30 bits per heavy atom. The quantitative estimate of drug-likeness (QED) is 0.793. The van der Waals surface area contributed by atoms with Gasteiger partial charge in [-0.05, 0) is 29.8 Å². The first kappa shape index (κ1) is 17.9. The van der Waals surface area contributed by atoms with E-state index >= 15 is 0 Å². The smallest absolute Gasteiger partial charge is 0.0963 e. The average molecular weight is 394 g/mol. The molecule has 0 fully saturated rings. The van der Waals surface area contributed by atoms with Gasteiger partial charge >= 0.3 is 0 Å². The van der Waals surface area contributed by atoms with Gasteiger partial charge in [0.15, 0.2) is 0 Å². The van der Waals surface area contributed by atoms with Gasteiger partial charge in [-0.25, -0.2) is 8.57 Å². The first-order valence-electron chi connectivity index (χ1n) is 7.28. The van der Waals surface area contributed by atoms with Crippen molar-refractivity contribution in [3.63, 3.8) is 0 Å². The molecule has 0 amide bonds. The van der Waals surface area contributed by atoms with Crippen molar-refractivity contribution in [3.8, 4) is 0 Å². The van der Waals surface area contributed by atoms with Crippen molar-refractivity contribution in [3.05, 3.63) is 76.1 Å². The fourth-order valence-corrected chi connectivity index (χ4v) is 3.92. The Hall–Kier alpha value is -1.43. The number of benzene rings is 2. The lowest BCUT2D eigenvalue weighted by Gasteiger charge is -2.16. The summed E-state index contributed by atoms with van der Waals surface area (Å²) >= 11 is 3.38. The molecule has 0 aliphatic rings. The lowest BCUT2D eigenvalue weighted by molar-refractivity contribution is 0.140. The fraction of sp³-hybridized carbons (Fsp3) is 0.222. The summed E-state index contributed by atoms with van der Waals surface area (Å²) in [5.74, 6) is -0.178. The molecule has 0 bridgehead atoms. The predicted molar refractivity (Wildman–Crippen MR) is 98.6 cm³/mol. The maximum Gasteiger partial charge on any atom is 0.0963 e. The van der Waals surface area contributed by atoms with Gasteiger partial charge in [0.25, 0.3) is 0 Å². The van der Waals surface area contributed by atoms with Gasteiger partial charge in [-0.2, -0.15) is 0 Å². The monoisotopic (exact) mass is 393 g/mol. The molecule has 0 aliphatic heterocycles. The number of aliphatic hydroxyl groups excluding tert-OH is 1. The topological polar surface area (TPSA) is 49.7 Å². The van der Waals surface area contributed by atoms with Crippen LogP contribution in [0.2, 0.25) is 0 Å². The molecule has 3 nitrogen and oxygen atoms in total. The van der Waals surface area contributed by atoms with Crippen molar-refractivity contribution in [1.82, 2.24) is 0 Å². The predicted octanol–water partition coefficient (Wildman–Crippen LogP) is 4.79. The number of rotatable bonds is 5. The molecule has 0 heterocycles. The molecule has 23 heavy (non-hydrogen) atoms. The standard InChI is InChI=1S/C18H20BrNO2S/c1-14(18(21)15-8-10-16(19)11-9-15)12-13-23(22,20-2)17-6-4-3-5-7-17/h3-14,18,21H,1-2H3/b13-12-/t14-,18+,23?/m0/s1. The van der Waals surface area contributed by atoms with Gasteiger partial charge < -0.3 is 5.11 Å². The van der Waals surface area contributed by atoms with Crippen LogP contribution >= 0.6 is 15.9 Å². The zero-order valence-electron chi connectivity index (χ0n) is 13.1. The van der Waals surface area contributed by atoms with Gasteiger partial charge in [-0.15, -0.1) is 0 Å². The molecule has 0 saturated carbocycles. The largest absolute Gasteiger partial charge is 0.388 e. The van der Waals surface area contributed by atoms with E-state index in [-0.39, 0.29) is 5.92 Å². The van der Waals surface area contributed by atoms with E-state index in [1.807, 2.05) is 49.4 Å². The van der Waals surface area contributed by atoms with Crippen LogP contribution in [0.4, 0.5) is 0 Å². The molecule has 5 heteroatoms. The van der Waals surface area contributed by atoms with Gasteiger partial charge in [0.05, 0.1) is 20.7 Å². The summed E-state index contributed by atoms with van der Waals surface area (Å²) in [5, 5.41) is 12.0. The van der Waals surface area contributed by atoms with Gasteiger partial charge in [0.2, 0.25) is 0 Å². The summed E-state index contributed by atoms with van der Waals surface area (Å²) in [6.45, 7) is 1.89. The van der Waals surface area contributed by atoms with E-state index in [1.54, 1.807) is 30.7 Å². The molecule has 0 aliphatic carbocycles. The highest BCUT2D eigenvalue weighted by molar-refractivity contribution is 9.10. The van der Waals surface area contributed by atoms with E-state index in [0.29, 0.717) is 4.90 Å². The zero-order chi connectivity index (χ0) is 16.9. The lowest BCUT2D eigenvalue weighted by atomic mass is 9.98. The van der Waals surface area contributed by atoms with Crippen LogP contribution in [0.1, 0.15) is 18.6 Å². The summed E-state index contributed by atoms with van der Waals surface area (Å²) < 4.78 is 17.9. The van der Waals surface area contributed by atoms with Crippen LogP contribution in [-0.4, -0.2) is 16.4 Å². The first-order valence-corrected chi connectivity index (χ1v) is 9.65. The summed E-state index contributed by atoms with van der Waals surface area (Å²) in [4.78, 5) is 0.670. The Balaban J connectivity index is 2.21. The molecular formula is C18H20BrNO2S. The fourth-order valence-electron chi connectivity index (χ4n) is 2.16. The second-order valence-corrected chi connectivity index (χ2v) is 8.41. The lowest BCUT2D eigenvalue weighted by Crippen LogP contribution is -2.07. The molecule has 2 aromatic rings. The number of aliphatic hydroxyl groups is 1. The molecule has 1 unspecified atom stereocenters. The molecule has 1 N–H and O–H groups in total. The van der Waals surface area contributed by atoms with Crippen molar-refractivity contribution in [1.29, 1.82) is 0 Å². The van der Waals surface area contributed by atoms with Crippen LogP contribution in [0.15, 0.2) is 79.8 Å². The van der Waals surface area contributed by atoms with Crippen molar-refractivity contribution in [2.24, 2.45) is 10.3 Å². The van der Waals surface area contributed by atoms with E-state index in [9.17, 15) is 9.32 Å². The van der Waals surface area contributed by atoms with Crippen molar-refractivity contribution >= 4 is 25.7 Å². The molecule has 0 radical (unpaired) electrons. The van der Waals surface area contributed by atoms with Gasteiger partial charge in [-0.3, -0.25) is 0 Å². The van der Waals surface area contributed by atoms with Gasteiger partial charge in [0, 0.05) is 22.8 Å². The van der Waals surface area contributed by atoms with Crippen LogP contribution in [0.25, 0.3) is 0 Å². The first-order chi connectivity index (χ1) is 11.0. The molecule has 0 saturated heterocycles. The van der Waals surface area contributed by atoms with Crippen LogP contribution in [0.5, 0.6) is 0 Å². The third-order valence-corrected chi connectivity index (χ3v) is 6.17. The molecule has 2 aromatic carbocycles. The number of hydrogen-bond acceptors (Lipinski definition) is 3. The Kier molecular flexibility index (Phi) is 6.16. The van der Waals surface area contributed by atoms with Gasteiger partial charge in [0.1, 0.15) is 0 Å². The minimum Gasteiger partial charge on any atom is -0.388 e. The highest BCUT2D eigenvalue weighted by Crippen LogP contribution is 2.25. The zero-order valence-corrected chi connectivity index (χ0v) is 15.5. The van der Waals surface area contributed by atoms with E-state index in [2.05, 4.69) is 20.3 Å². The average Bonchev–Trinajstić information content (AvgIpc) is 2.60. The minimum absolute atomic E-state index is 0.178.